The Kier molecular flexibility index (Phi) is 5.61. The number of phenolic OH excluding ortho intramolecular Hbond substituents is 1. The van der Waals surface area contributed by atoms with Gasteiger partial charge in [0.1, 0.15) is 11.5 Å². The standard InChI is InChI=1S/C25H22N2O3/c1-30-20-13-14-21(24(28)16-20)22-17-23(19-10-6-3-7-11-19)27(26-22)25(29)15-12-18-8-4-2-5-9-18/h2-16,23,28H,17H2,1H3/b15-12+. The van der Waals surface area contributed by atoms with Crippen molar-refractivity contribution in [1.29, 1.82) is 0 Å². The summed E-state index contributed by atoms with van der Waals surface area (Å²) >= 11 is 0. The molecule has 0 spiro atoms. The highest BCUT2D eigenvalue weighted by molar-refractivity contribution is 6.06. The topological polar surface area (TPSA) is 62.1 Å². The van der Waals surface area contributed by atoms with Crippen molar-refractivity contribution in [2.45, 2.75) is 12.5 Å². The van der Waals surface area contributed by atoms with E-state index in [-0.39, 0.29) is 17.7 Å². The summed E-state index contributed by atoms with van der Waals surface area (Å²) in [5.74, 6) is 0.429. The van der Waals surface area contributed by atoms with Gasteiger partial charge in [-0.3, -0.25) is 4.79 Å². The minimum Gasteiger partial charge on any atom is -0.507 e. The van der Waals surface area contributed by atoms with Crippen LogP contribution in [0.3, 0.4) is 0 Å². The van der Waals surface area contributed by atoms with E-state index in [2.05, 4.69) is 5.10 Å². The third-order valence-corrected chi connectivity index (χ3v) is 5.05. The zero-order valence-electron chi connectivity index (χ0n) is 16.6. The molecule has 150 valence electrons. The fourth-order valence-corrected chi connectivity index (χ4v) is 3.50. The normalized spacial score (nSPS) is 16.0. The SMILES string of the molecule is COc1ccc(C2=NN(C(=O)/C=C/c3ccccc3)C(c3ccccc3)C2)c(O)c1. The summed E-state index contributed by atoms with van der Waals surface area (Å²) in [6.07, 6.45) is 3.82. The predicted molar refractivity (Wildman–Crippen MR) is 117 cm³/mol. The first-order chi connectivity index (χ1) is 14.7. The fourth-order valence-electron chi connectivity index (χ4n) is 3.50. The molecule has 4 rings (SSSR count). The Morgan fingerprint density at radius 1 is 1.07 bits per heavy atom. The number of hydrogen-bond acceptors (Lipinski definition) is 4. The lowest BCUT2D eigenvalue weighted by Gasteiger charge is -2.20. The number of phenols is 1. The molecule has 1 amide bonds. The minimum absolute atomic E-state index is 0.0778. The van der Waals surface area contributed by atoms with E-state index in [9.17, 15) is 9.90 Å². The number of aromatic hydroxyl groups is 1. The van der Waals surface area contributed by atoms with Crippen molar-refractivity contribution in [1.82, 2.24) is 5.01 Å². The first-order valence-corrected chi connectivity index (χ1v) is 9.72. The average molecular weight is 398 g/mol. The number of rotatable bonds is 5. The Labute approximate surface area is 175 Å². The number of methoxy groups -OCH3 is 1. The van der Waals surface area contributed by atoms with Crippen molar-refractivity contribution in [3.05, 3.63) is 102 Å². The molecule has 0 radical (unpaired) electrons. The monoisotopic (exact) mass is 398 g/mol. The highest BCUT2D eigenvalue weighted by Crippen LogP contribution is 2.35. The number of benzene rings is 3. The van der Waals surface area contributed by atoms with E-state index in [1.54, 1.807) is 31.4 Å². The summed E-state index contributed by atoms with van der Waals surface area (Å²) in [7, 11) is 1.55. The summed E-state index contributed by atoms with van der Waals surface area (Å²) in [5, 5.41) is 16.5. The number of amides is 1. The second-order valence-electron chi connectivity index (χ2n) is 6.99. The number of nitrogens with zero attached hydrogens (tertiary/aromatic N) is 2. The van der Waals surface area contributed by atoms with E-state index in [1.807, 2.05) is 60.7 Å². The highest BCUT2D eigenvalue weighted by Gasteiger charge is 2.33. The van der Waals surface area contributed by atoms with Gasteiger partial charge in [-0.15, -0.1) is 0 Å². The van der Waals surface area contributed by atoms with Crippen molar-refractivity contribution in [3.63, 3.8) is 0 Å². The second-order valence-corrected chi connectivity index (χ2v) is 6.99. The van der Waals surface area contributed by atoms with Gasteiger partial charge < -0.3 is 9.84 Å². The smallest absolute Gasteiger partial charge is 0.267 e. The van der Waals surface area contributed by atoms with Gasteiger partial charge in [-0.1, -0.05) is 60.7 Å². The zero-order chi connectivity index (χ0) is 20.9. The first kappa shape index (κ1) is 19.5. The van der Waals surface area contributed by atoms with Gasteiger partial charge in [0.2, 0.25) is 0 Å². The summed E-state index contributed by atoms with van der Waals surface area (Å²) in [6, 6.07) is 24.3. The van der Waals surface area contributed by atoms with E-state index in [0.717, 1.165) is 11.1 Å². The van der Waals surface area contributed by atoms with Crippen molar-refractivity contribution in [2.75, 3.05) is 7.11 Å². The Hall–Kier alpha value is -3.86. The van der Waals surface area contributed by atoms with Crippen LogP contribution in [0.2, 0.25) is 0 Å². The molecule has 0 bridgehead atoms. The van der Waals surface area contributed by atoms with Gasteiger partial charge >= 0.3 is 0 Å². The van der Waals surface area contributed by atoms with Gasteiger partial charge in [0, 0.05) is 24.1 Å². The summed E-state index contributed by atoms with van der Waals surface area (Å²) < 4.78 is 5.16. The van der Waals surface area contributed by atoms with Crippen LogP contribution in [0.5, 0.6) is 11.5 Å². The molecule has 3 aromatic rings. The minimum atomic E-state index is -0.240. The zero-order valence-corrected chi connectivity index (χ0v) is 16.6. The van der Waals surface area contributed by atoms with Gasteiger partial charge in [-0.25, -0.2) is 5.01 Å². The Balaban J connectivity index is 1.66. The Morgan fingerprint density at radius 2 is 1.77 bits per heavy atom. The lowest BCUT2D eigenvalue weighted by atomic mass is 9.98. The third kappa shape index (κ3) is 4.10. The number of hydrogen-bond donors (Lipinski definition) is 1. The number of hydrazone groups is 1. The summed E-state index contributed by atoms with van der Waals surface area (Å²) in [4.78, 5) is 13.0. The molecule has 0 aromatic heterocycles. The van der Waals surface area contributed by atoms with Crippen molar-refractivity contribution in [3.8, 4) is 11.5 Å². The summed E-state index contributed by atoms with van der Waals surface area (Å²) in [5.41, 5.74) is 3.19. The lowest BCUT2D eigenvalue weighted by molar-refractivity contribution is -0.127. The van der Waals surface area contributed by atoms with Crippen LogP contribution in [0.1, 0.15) is 29.2 Å². The quantitative estimate of drug-likeness (QED) is 0.629. The van der Waals surface area contributed by atoms with Gasteiger partial charge in [0.05, 0.1) is 18.9 Å². The number of carbonyl (C=O) groups is 1. The molecule has 1 atom stereocenters. The first-order valence-electron chi connectivity index (χ1n) is 9.72. The maximum atomic E-state index is 13.0. The molecule has 1 unspecified atom stereocenters. The number of carbonyl (C=O) groups excluding carboxylic acids is 1. The van der Waals surface area contributed by atoms with Gasteiger partial charge in [-0.2, -0.15) is 5.10 Å². The highest BCUT2D eigenvalue weighted by atomic mass is 16.5. The molecule has 3 aromatic carbocycles. The van der Waals surface area contributed by atoms with Crippen molar-refractivity contribution in [2.24, 2.45) is 5.10 Å². The van der Waals surface area contributed by atoms with Crippen LogP contribution in [-0.2, 0) is 4.79 Å². The molecule has 0 aliphatic carbocycles. The Bertz CT molecular complexity index is 1090. The second kappa shape index (κ2) is 8.66. The van der Waals surface area contributed by atoms with Gasteiger partial charge in [0.25, 0.3) is 5.91 Å². The molecule has 30 heavy (non-hydrogen) atoms. The molecule has 0 saturated heterocycles. The van der Waals surface area contributed by atoms with E-state index in [0.29, 0.717) is 23.4 Å². The van der Waals surface area contributed by atoms with Gasteiger partial charge in [-0.05, 0) is 29.3 Å². The molecule has 1 heterocycles. The third-order valence-electron chi connectivity index (χ3n) is 5.05. The van der Waals surface area contributed by atoms with E-state index < -0.39 is 0 Å². The molecular weight excluding hydrogens is 376 g/mol. The molecule has 0 saturated carbocycles. The summed E-state index contributed by atoms with van der Waals surface area (Å²) in [6.45, 7) is 0. The largest absolute Gasteiger partial charge is 0.507 e. The van der Waals surface area contributed by atoms with Crippen molar-refractivity contribution >= 4 is 17.7 Å². The predicted octanol–water partition coefficient (Wildman–Crippen LogP) is 4.79. The maximum Gasteiger partial charge on any atom is 0.267 e. The maximum absolute atomic E-state index is 13.0. The molecule has 1 aliphatic rings. The molecular formula is C25H22N2O3. The number of ether oxygens (including phenoxy) is 1. The fraction of sp³-hybridized carbons (Fsp3) is 0.120. The van der Waals surface area contributed by atoms with Crippen LogP contribution in [0.15, 0.2) is 90.0 Å². The Morgan fingerprint density at radius 3 is 2.43 bits per heavy atom. The van der Waals surface area contributed by atoms with Crippen LogP contribution < -0.4 is 4.74 Å². The van der Waals surface area contributed by atoms with Crippen LogP contribution in [0.4, 0.5) is 0 Å². The van der Waals surface area contributed by atoms with Crippen LogP contribution in [0.25, 0.3) is 6.08 Å². The van der Waals surface area contributed by atoms with Crippen molar-refractivity contribution < 1.29 is 14.6 Å². The van der Waals surface area contributed by atoms with Crippen LogP contribution in [0, 0.1) is 0 Å². The van der Waals surface area contributed by atoms with Crippen LogP contribution >= 0.6 is 0 Å². The average Bonchev–Trinajstić information content (AvgIpc) is 3.24. The van der Waals surface area contributed by atoms with E-state index in [1.165, 1.54) is 11.1 Å². The van der Waals surface area contributed by atoms with Crippen LogP contribution in [-0.4, -0.2) is 28.8 Å². The van der Waals surface area contributed by atoms with E-state index >= 15 is 0 Å². The molecule has 5 heteroatoms. The molecule has 5 nitrogen and oxygen atoms in total. The van der Waals surface area contributed by atoms with E-state index in [4.69, 9.17) is 4.74 Å². The lowest BCUT2D eigenvalue weighted by Crippen LogP contribution is -2.25. The molecule has 0 fully saturated rings. The molecule has 1 aliphatic heterocycles. The van der Waals surface area contributed by atoms with Gasteiger partial charge in [0.15, 0.2) is 0 Å². The molecule has 1 N–H and O–H groups in total.